The molecule has 0 bridgehead atoms. The molecule has 0 heterocycles. The monoisotopic (exact) mass is 316 g/mol. The van der Waals surface area contributed by atoms with Crippen molar-refractivity contribution in [1.82, 2.24) is 0 Å². The minimum atomic E-state index is -0.943. The van der Waals surface area contributed by atoms with Crippen LogP contribution in [0, 0.1) is 19.7 Å². The molecule has 0 fully saturated rings. The van der Waals surface area contributed by atoms with Gasteiger partial charge in [0.15, 0.2) is 0 Å². The first-order chi connectivity index (χ1) is 11.0. The lowest BCUT2D eigenvalue weighted by Gasteiger charge is -2.13. The summed E-state index contributed by atoms with van der Waals surface area (Å²) in [6.07, 6.45) is 0.990. The molecule has 0 amide bonds. The van der Waals surface area contributed by atoms with Crippen LogP contribution in [-0.2, 0) is 4.79 Å². The third kappa shape index (κ3) is 4.81. The van der Waals surface area contributed by atoms with Crippen LogP contribution < -0.4 is 4.74 Å². The Morgan fingerprint density at radius 3 is 2.61 bits per heavy atom. The van der Waals surface area contributed by atoms with E-state index in [4.69, 9.17) is 4.74 Å². The lowest BCUT2D eigenvalue weighted by molar-refractivity contribution is -0.139. The predicted octanol–water partition coefficient (Wildman–Crippen LogP) is 4.47. The maximum absolute atomic E-state index is 13.3. The van der Waals surface area contributed by atoms with Crippen LogP contribution in [0.25, 0.3) is 0 Å². The zero-order chi connectivity index (χ0) is 16.8. The fraction of sp³-hybridized carbons (Fsp3) is 0.316. The Labute approximate surface area is 135 Å². The summed E-state index contributed by atoms with van der Waals surface area (Å²) < 4.78 is 18.9. The van der Waals surface area contributed by atoms with Crippen LogP contribution in [0.5, 0.6) is 5.75 Å². The van der Waals surface area contributed by atoms with Gasteiger partial charge >= 0.3 is 5.97 Å². The average Bonchev–Trinajstić information content (AvgIpc) is 2.50. The van der Waals surface area contributed by atoms with Crippen LogP contribution in [-0.4, -0.2) is 17.7 Å². The molecule has 0 aromatic heterocycles. The molecule has 2 rings (SSSR count). The van der Waals surface area contributed by atoms with Crippen molar-refractivity contribution in [3.63, 3.8) is 0 Å². The largest absolute Gasteiger partial charge is 0.494 e. The Bertz CT molecular complexity index is 682. The summed E-state index contributed by atoms with van der Waals surface area (Å²) in [5.41, 5.74) is 2.85. The molecule has 0 radical (unpaired) electrons. The molecule has 122 valence electrons. The number of benzene rings is 2. The zero-order valence-corrected chi connectivity index (χ0v) is 13.4. The molecule has 4 heteroatoms. The maximum atomic E-state index is 13.3. The highest BCUT2D eigenvalue weighted by Crippen LogP contribution is 2.23. The van der Waals surface area contributed by atoms with E-state index in [1.165, 1.54) is 23.8 Å². The highest BCUT2D eigenvalue weighted by molar-refractivity contribution is 5.76. The Hall–Kier alpha value is -2.36. The number of carboxylic acid groups (broad SMARTS) is 1. The summed E-state index contributed by atoms with van der Waals surface area (Å²) in [4.78, 5) is 11.4. The molecule has 23 heavy (non-hydrogen) atoms. The summed E-state index contributed by atoms with van der Waals surface area (Å²) in [5.74, 6) is -1.29. The smallest absolute Gasteiger partial charge is 0.310 e. The molecule has 0 spiro atoms. The molecule has 2 aromatic carbocycles. The second kappa shape index (κ2) is 7.77. The highest BCUT2D eigenvalue weighted by atomic mass is 19.1. The van der Waals surface area contributed by atoms with Crippen LogP contribution >= 0.6 is 0 Å². The number of ether oxygens (including phenoxy) is 1. The van der Waals surface area contributed by atoms with Gasteiger partial charge < -0.3 is 9.84 Å². The minimum Gasteiger partial charge on any atom is -0.494 e. The van der Waals surface area contributed by atoms with Crippen molar-refractivity contribution in [2.45, 2.75) is 32.6 Å². The molecule has 1 atom stereocenters. The Morgan fingerprint density at radius 1 is 1.17 bits per heavy atom. The number of carboxylic acids is 1. The van der Waals surface area contributed by atoms with Gasteiger partial charge in [-0.3, -0.25) is 4.79 Å². The first-order valence-corrected chi connectivity index (χ1v) is 7.65. The van der Waals surface area contributed by atoms with Crippen molar-refractivity contribution in [3.05, 3.63) is 65.0 Å². The van der Waals surface area contributed by atoms with Gasteiger partial charge in [0.25, 0.3) is 0 Å². The molecule has 1 unspecified atom stereocenters. The molecule has 0 aliphatic heterocycles. The van der Waals surface area contributed by atoms with E-state index < -0.39 is 17.7 Å². The first-order valence-electron chi connectivity index (χ1n) is 7.65. The van der Waals surface area contributed by atoms with E-state index in [1.54, 1.807) is 6.07 Å². The number of rotatable bonds is 7. The van der Waals surface area contributed by atoms with Crippen LogP contribution in [0.3, 0.4) is 0 Å². The van der Waals surface area contributed by atoms with Gasteiger partial charge in [-0.1, -0.05) is 18.2 Å². The van der Waals surface area contributed by atoms with Crippen LogP contribution in [0.1, 0.15) is 35.4 Å². The van der Waals surface area contributed by atoms with E-state index in [9.17, 15) is 14.3 Å². The summed E-state index contributed by atoms with van der Waals surface area (Å²) in [5, 5.41) is 9.34. The first kappa shape index (κ1) is 17.0. The van der Waals surface area contributed by atoms with E-state index in [0.29, 0.717) is 25.0 Å². The summed E-state index contributed by atoms with van der Waals surface area (Å²) in [6.45, 7) is 4.49. The van der Waals surface area contributed by atoms with Crippen molar-refractivity contribution in [2.24, 2.45) is 0 Å². The van der Waals surface area contributed by atoms with Gasteiger partial charge in [-0.05, 0) is 67.6 Å². The van der Waals surface area contributed by atoms with Gasteiger partial charge in [0.2, 0.25) is 0 Å². The molecule has 0 saturated heterocycles. The van der Waals surface area contributed by atoms with Crippen molar-refractivity contribution < 1.29 is 19.0 Å². The molecule has 0 saturated carbocycles. The van der Waals surface area contributed by atoms with Crippen molar-refractivity contribution in [1.29, 1.82) is 0 Å². The maximum Gasteiger partial charge on any atom is 0.310 e. The van der Waals surface area contributed by atoms with Gasteiger partial charge in [0.1, 0.15) is 11.6 Å². The van der Waals surface area contributed by atoms with Crippen molar-refractivity contribution >= 4 is 5.97 Å². The van der Waals surface area contributed by atoms with Crippen LogP contribution in [0.15, 0.2) is 42.5 Å². The third-order valence-electron chi connectivity index (χ3n) is 3.93. The van der Waals surface area contributed by atoms with Crippen molar-refractivity contribution in [3.8, 4) is 5.75 Å². The Kier molecular flexibility index (Phi) is 5.74. The second-order valence-electron chi connectivity index (χ2n) is 5.68. The standard InChI is InChI=1S/C19H21FO3/c1-13-8-9-17(11-14(13)2)23-10-4-7-18(19(21)22)15-5-3-6-16(20)12-15/h3,5-6,8-9,11-12,18H,4,7,10H2,1-2H3,(H,21,22). The lowest BCUT2D eigenvalue weighted by Crippen LogP contribution is -2.13. The van der Waals surface area contributed by atoms with Crippen molar-refractivity contribution in [2.75, 3.05) is 6.61 Å². The van der Waals surface area contributed by atoms with E-state index >= 15 is 0 Å². The van der Waals surface area contributed by atoms with Gasteiger partial charge in [0.05, 0.1) is 12.5 Å². The van der Waals surface area contributed by atoms with Crippen LogP contribution in [0.4, 0.5) is 4.39 Å². The third-order valence-corrected chi connectivity index (χ3v) is 3.93. The Morgan fingerprint density at radius 2 is 1.96 bits per heavy atom. The number of aryl methyl sites for hydroxylation is 2. The normalized spacial score (nSPS) is 12.0. The minimum absolute atomic E-state index is 0.406. The SMILES string of the molecule is Cc1ccc(OCCCC(C(=O)O)c2cccc(F)c2)cc1C. The summed E-state index contributed by atoms with van der Waals surface area (Å²) in [6, 6.07) is 11.6. The van der Waals surface area contributed by atoms with E-state index in [-0.39, 0.29) is 0 Å². The molecular formula is C19H21FO3. The molecule has 2 aromatic rings. The van der Waals surface area contributed by atoms with Gasteiger partial charge in [-0.25, -0.2) is 4.39 Å². The molecule has 0 aliphatic rings. The van der Waals surface area contributed by atoms with Gasteiger partial charge in [-0.15, -0.1) is 0 Å². The average molecular weight is 316 g/mol. The lowest BCUT2D eigenvalue weighted by atomic mass is 9.94. The fourth-order valence-electron chi connectivity index (χ4n) is 2.44. The topological polar surface area (TPSA) is 46.5 Å². The Balaban J connectivity index is 1.90. The molecule has 1 N–H and O–H groups in total. The number of aliphatic carboxylic acids is 1. The van der Waals surface area contributed by atoms with E-state index in [2.05, 4.69) is 0 Å². The number of carbonyl (C=O) groups is 1. The second-order valence-corrected chi connectivity index (χ2v) is 5.68. The summed E-state index contributed by atoms with van der Waals surface area (Å²) in [7, 11) is 0. The van der Waals surface area contributed by atoms with Gasteiger partial charge in [0, 0.05) is 0 Å². The number of hydrogen-bond donors (Lipinski definition) is 1. The van der Waals surface area contributed by atoms with Gasteiger partial charge in [-0.2, -0.15) is 0 Å². The summed E-state index contributed by atoms with van der Waals surface area (Å²) >= 11 is 0. The molecule has 0 aliphatic carbocycles. The van der Waals surface area contributed by atoms with E-state index in [0.717, 1.165) is 11.3 Å². The molecule has 3 nitrogen and oxygen atoms in total. The van der Waals surface area contributed by atoms with E-state index in [1.807, 2.05) is 32.0 Å². The number of halogens is 1. The zero-order valence-electron chi connectivity index (χ0n) is 13.4. The predicted molar refractivity (Wildman–Crippen MR) is 87.4 cm³/mol. The number of hydrogen-bond acceptors (Lipinski definition) is 2. The van der Waals surface area contributed by atoms with Crippen LogP contribution in [0.2, 0.25) is 0 Å². The fourth-order valence-corrected chi connectivity index (χ4v) is 2.44. The highest BCUT2D eigenvalue weighted by Gasteiger charge is 2.19. The quantitative estimate of drug-likeness (QED) is 0.767. The molecular weight excluding hydrogens is 295 g/mol.